The summed E-state index contributed by atoms with van der Waals surface area (Å²) in [5, 5.41) is 3.17. The maximum Gasteiger partial charge on any atom is 0.318 e. The molecule has 1 saturated carbocycles. The smallest absolute Gasteiger partial charge is 0.318 e. The lowest BCUT2D eigenvalue weighted by molar-refractivity contribution is 0.172. The molecule has 5 heteroatoms. The minimum Gasteiger partial charge on any atom is -0.493 e. The first-order valence-corrected chi connectivity index (χ1v) is 10.5. The first-order valence-electron chi connectivity index (χ1n) is 10.5. The maximum atomic E-state index is 13.2. The van der Waals surface area contributed by atoms with Crippen LogP contribution in [0.2, 0.25) is 0 Å². The summed E-state index contributed by atoms with van der Waals surface area (Å²) in [6.07, 6.45) is 2.41. The summed E-state index contributed by atoms with van der Waals surface area (Å²) in [6, 6.07) is 15.9. The van der Waals surface area contributed by atoms with Crippen molar-refractivity contribution < 1.29 is 14.3 Å². The van der Waals surface area contributed by atoms with E-state index in [1.807, 2.05) is 55.1 Å². The van der Waals surface area contributed by atoms with Crippen LogP contribution >= 0.6 is 0 Å². The minimum absolute atomic E-state index is 0.0267. The van der Waals surface area contributed by atoms with Gasteiger partial charge in [-0.05, 0) is 62.8 Å². The Bertz CT molecular complexity index is 805. The average Bonchev–Trinajstić information content (AvgIpc) is 3.56. The predicted molar refractivity (Wildman–Crippen MR) is 115 cm³/mol. The largest absolute Gasteiger partial charge is 0.493 e. The first-order chi connectivity index (χ1) is 14.0. The van der Waals surface area contributed by atoms with Crippen LogP contribution in [0, 0.1) is 5.92 Å². The molecule has 0 radical (unpaired) electrons. The summed E-state index contributed by atoms with van der Waals surface area (Å²) in [4.78, 5) is 15.2. The molecule has 29 heavy (non-hydrogen) atoms. The maximum absolute atomic E-state index is 13.2. The van der Waals surface area contributed by atoms with E-state index in [9.17, 15) is 4.79 Å². The second-order valence-electron chi connectivity index (χ2n) is 7.70. The molecule has 1 N–H and O–H groups in total. The van der Waals surface area contributed by atoms with Crippen LogP contribution in [0.4, 0.5) is 4.79 Å². The van der Waals surface area contributed by atoms with Gasteiger partial charge in [0.05, 0.1) is 25.8 Å². The highest BCUT2D eigenvalue weighted by Gasteiger charge is 2.30. The second kappa shape index (κ2) is 9.68. The molecule has 3 rings (SSSR count). The number of ether oxygens (including phenoxy) is 2. The van der Waals surface area contributed by atoms with Gasteiger partial charge in [0.1, 0.15) is 0 Å². The van der Waals surface area contributed by atoms with Crippen molar-refractivity contribution >= 4 is 6.03 Å². The van der Waals surface area contributed by atoms with Crippen molar-refractivity contribution in [2.24, 2.45) is 5.92 Å². The van der Waals surface area contributed by atoms with Crippen molar-refractivity contribution in [3.05, 3.63) is 59.7 Å². The number of methoxy groups -OCH3 is 1. The highest BCUT2D eigenvalue weighted by atomic mass is 16.5. The van der Waals surface area contributed by atoms with Crippen molar-refractivity contribution in [2.45, 2.75) is 45.7 Å². The van der Waals surface area contributed by atoms with E-state index < -0.39 is 0 Å². The fourth-order valence-corrected chi connectivity index (χ4v) is 3.49. The van der Waals surface area contributed by atoms with Crippen LogP contribution in [-0.2, 0) is 0 Å². The Kier molecular flexibility index (Phi) is 7.02. The summed E-state index contributed by atoms with van der Waals surface area (Å²) >= 11 is 0. The molecular formula is C24H32N2O3. The third kappa shape index (κ3) is 5.43. The van der Waals surface area contributed by atoms with Crippen molar-refractivity contribution in [3.63, 3.8) is 0 Å². The van der Waals surface area contributed by atoms with E-state index in [-0.39, 0.29) is 18.1 Å². The van der Waals surface area contributed by atoms with Gasteiger partial charge >= 0.3 is 6.03 Å². The van der Waals surface area contributed by atoms with Gasteiger partial charge in [0.25, 0.3) is 0 Å². The van der Waals surface area contributed by atoms with Gasteiger partial charge in [-0.1, -0.05) is 36.4 Å². The Morgan fingerprint density at radius 1 is 1.10 bits per heavy atom. The predicted octanol–water partition coefficient (Wildman–Crippen LogP) is 5.34. The van der Waals surface area contributed by atoms with Crippen LogP contribution < -0.4 is 14.8 Å². The van der Waals surface area contributed by atoms with E-state index in [2.05, 4.69) is 24.4 Å². The zero-order valence-electron chi connectivity index (χ0n) is 17.9. The Hall–Kier alpha value is -2.69. The van der Waals surface area contributed by atoms with Gasteiger partial charge in [0.15, 0.2) is 11.5 Å². The summed E-state index contributed by atoms with van der Waals surface area (Å²) in [5.41, 5.74) is 2.14. The van der Waals surface area contributed by atoms with Crippen molar-refractivity contribution in [1.82, 2.24) is 10.2 Å². The molecule has 0 heterocycles. The number of hydrogen-bond donors (Lipinski definition) is 1. The second-order valence-corrected chi connectivity index (χ2v) is 7.70. The van der Waals surface area contributed by atoms with Gasteiger partial charge in [-0.2, -0.15) is 0 Å². The molecule has 2 amide bonds. The molecule has 0 aromatic heterocycles. The lowest BCUT2D eigenvalue weighted by atomic mass is 10.1. The molecule has 5 nitrogen and oxygen atoms in total. The van der Waals surface area contributed by atoms with Gasteiger partial charge in [-0.3, -0.25) is 0 Å². The molecule has 1 fully saturated rings. The molecule has 0 aliphatic heterocycles. The van der Waals surface area contributed by atoms with E-state index >= 15 is 0 Å². The molecule has 0 spiro atoms. The number of hydrogen-bond acceptors (Lipinski definition) is 3. The van der Waals surface area contributed by atoms with E-state index in [1.54, 1.807) is 7.11 Å². The molecular weight excluding hydrogens is 364 g/mol. The Balaban J connectivity index is 1.73. The van der Waals surface area contributed by atoms with Crippen LogP contribution in [0.3, 0.4) is 0 Å². The Morgan fingerprint density at radius 3 is 2.45 bits per heavy atom. The molecule has 156 valence electrons. The van der Waals surface area contributed by atoms with Gasteiger partial charge in [0, 0.05) is 6.54 Å². The van der Waals surface area contributed by atoms with Gasteiger partial charge in [-0.15, -0.1) is 0 Å². The average molecular weight is 397 g/mol. The summed E-state index contributed by atoms with van der Waals surface area (Å²) in [6.45, 7) is 7.41. The zero-order valence-corrected chi connectivity index (χ0v) is 17.9. The number of carbonyl (C=O) groups is 1. The monoisotopic (exact) mass is 396 g/mol. The summed E-state index contributed by atoms with van der Waals surface area (Å²) in [7, 11) is 1.63. The van der Waals surface area contributed by atoms with Crippen molar-refractivity contribution in [2.75, 3.05) is 20.3 Å². The Labute approximate surface area is 174 Å². The standard InChI is InChI=1S/C24H32N2O3/c1-5-29-22-14-13-21(15-23(22)28-4)17(2)25-24(27)26(16-19-11-12-19)18(3)20-9-7-6-8-10-20/h6-10,13-15,17-19H,5,11-12,16H2,1-4H3,(H,25,27). The third-order valence-electron chi connectivity index (χ3n) is 5.49. The summed E-state index contributed by atoms with van der Waals surface area (Å²) in [5.74, 6) is 2.01. The number of benzene rings is 2. The highest BCUT2D eigenvalue weighted by molar-refractivity contribution is 5.75. The molecule has 1 aliphatic carbocycles. The molecule has 0 saturated heterocycles. The molecule has 2 unspecified atom stereocenters. The number of carbonyl (C=O) groups excluding carboxylic acids is 1. The lowest BCUT2D eigenvalue weighted by Crippen LogP contribution is -2.43. The Morgan fingerprint density at radius 2 is 1.83 bits per heavy atom. The number of urea groups is 1. The third-order valence-corrected chi connectivity index (χ3v) is 5.49. The number of rotatable bonds is 9. The van der Waals surface area contributed by atoms with E-state index in [4.69, 9.17) is 9.47 Å². The molecule has 2 aromatic rings. The highest BCUT2D eigenvalue weighted by Crippen LogP contribution is 2.34. The van der Waals surface area contributed by atoms with Gasteiger partial charge in [-0.25, -0.2) is 4.79 Å². The van der Waals surface area contributed by atoms with Gasteiger partial charge in [0.2, 0.25) is 0 Å². The van der Waals surface area contributed by atoms with Crippen molar-refractivity contribution in [3.8, 4) is 11.5 Å². The number of amides is 2. The minimum atomic E-state index is -0.142. The summed E-state index contributed by atoms with van der Waals surface area (Å²) < 4.78 is 11.0. The van der Waals surface area contributed by atoms with E-state index in [0.717, 1.165) is 17.7 Å². The SMILES string of the molecule is CCOc1ccc(C(C)NC(=O)N(CC2CC2)C(C)c2ccccc2)cc1OC. The van der Waals surface area contributed by atoms with E-state index in [1.165, 1.54) is 12.8 Å². The first kappa shape index (κ1) is 21.0. The van der Waals surface area contributed by atoms with E-state index in [0.29, 0.717) is 24.0 Å². The molecule has 2 atom stereocenters. The van der Waals surface area contributed by atoms with Crippen LogP contribution in [0.15, 0.2) is 48.5 Å². The lowest BCUT2D eigenvalue weighted by Gasteiger charge is -2.31. The molecule has 1 aliphatic rings. The molecule has 0 bridgehead atoms. The van der Waals surface area contributed by atoms with Crippen LogP contribution in [0.25, 0.3) is 0 Å². The van der Waals surface area contributed by atoms with Gasteiger partial charge < -0.3 is 19.7 Å². The number of nitrogens with zero attached hydrogens (tertiary/aromatic N) is 1. The number of nitrogens with one attached hydrogen (secondary N) is 1. The fraction of sp³-hybridized carbons (Fsp3) is 0.458. The fourth-order valence-electron chi connectivity index (χ4n) is 3.49. The zero-order chi connectivity index (χ0) is 20.8. The molecule has 2 aromatic carbocycles. The quantitative estimate of drug-likeness (QED) is 0.623. The van der Waals surface area contributed by atoms with Crippen LogP contribution in [0.1, 0.15) is 56.8 Å². The van der Waals surface area contributed by atoms with Crippen molar-refractivity contribution in [1.29, 1.82) is 0 Å². The topological polar surface area (TPSA) is 50.8 Å². The normalized spacial score (nSPS) is 15.3. The van der Waals surface area contributed by atoms with Crippen LogP contribution in [0.5, 0.6) is 11.5 Å². The van der Waals surface area contributed by atoms with Crippen LogP contribution in [-0.4, -0.2) is 31.2 Å².